The summed E-state index contributed by atoms with van der Waals surface area (Å²) >= 11 is 6.54. The quantitative estimate of drug-likeness (QED) is 0.489. The number of fused-ring (bicyclic) bond motifs is 3. The number of carbonyl (C=O) groups excluding carboxylic acids is 1. The normalized spacial score (nSPS) is 31.7. The number of hydrogen-bond acceptors (Lipinski definition) is 2. The van der Waals surface area contributed by atoms with Crippen molar-refractivity contribution in [1.29, 1.82) is 0 Å². The van der Waals surface area contributed by atoms with E-state index in [-0.39, 0.29) is 40.3 Å². The van der Waals surface area contributed by atoms with Crippen LogP contribution in [0.2, 0.25) is 10.4 Å². The van der Waals surface area contributed by atoms with E-state index in [1.54, 1.807) is 0 Å². The summed E-state index contributed by atoms with van der Waals surface area (Å²) in [5.41, 5.74) is 5.41. The van der Waals surface area contributed by atoms with Crippen LogP contribution in [0.5, 0.6) is 0 Å². The van der Waals surface area contributed by atoms with Gasteiger partial charge in [-0.15, -0.1) is 16.4 Å². The number of benzene rings is 1. The molecule has 1 saturated carbocycles. The lowest BCUT2D eigenvalue weighted by Crippen LogP contribution is -2.63. The first kappa shape index (κ1) is 17.5. The number of halogens is 1. The van der Waals surface area contributed by atoms with Gasteiger partial charge in [0.2, 0.25) is 0 Å². The topological polar surface area (TPSA) is 43.1 Å². The fraction of sp³-hybridized carbons (Fsp3) is 0.417. The molecule has 23 heavy (non-hydrogen) atoms. The SMILES string of the molecule is [B]c1c([B])c([B])c2c(c1[B])B(Cl)C1([B])CCC([B])([B])C(=O)C21N. The van der Waals surface area contributed by atoms with Gasteiger partial charge in [-0.05, 0) is 16.0 Å². The van der Waals surface area contributed by atoms with E-state index in [1.807, 2.05) is 0 Å². The molecule has 1 aliphatic carbocycles. The fourth-order valence-electron chi connectivity index (χ4n) is 3.77. The van der Waals surface area contributed by atoms with Crippen molar-refractivity contribution in [2.45, 2.75) is 28.8 Å². The first-order chi connectivity index (χ1) is 10.4. The Morgan fingerprint density at radius 1 is 0.957 bits per heavy atom. The van der Waals surface area contributed by atoms with Crippen LogP contribution in [-0.4, -0.2) is 66.8 Å². The second kappa shape index (κ2) is 4.85. The highest BCUT2D eigenvalue weighted by Crippen LogP contribution is 2.60. The molecule has 1 heterocycles. The number of hydrogen-bond donors (Lipinski definition) is 1. The minimum atomic E-state index is -1.80. The third-order valence-corrected chi connectivity index (χ3v) is 5.87. The molecule has 3 rings (SSSR count). The molecule has 0 bridgehead atoms. The van der Waals surface area contributed by atoms with Crippen molar-refractivity contribution in [2.24, 2.45) is 5.73 Å². The third-order valence-electron chi connectivity index (χ3n) is 5.27. The zero-order chi connectivity index (χ0) is 17.5. The lowest BCUT2D eigenvalue weighted by atomic mass is 9.29. The Hall–Kier alpha value is -0.341. The minimum Gasteiger partial charge on any atom is -0.316 e. The van der Waals surface area contributed by atoms with Gasteiger partial charge in [0.05, 0.1) is 29.1 Å². The summed E-state index contributed by atoms with van der Waals surface area (Å²) in [6.07, 6.45) is -0.541. The van der Waals surface area contributed by atoms with Gasteiger partial charge in [0.25, 0.3) is 6.13 Å². The zero-order valence-corrected chi connectivity index (χ0v) is 13.2. The Labute approximate surface area is 150 Å². The second-order valence-electron chi connectivity index (χ2n) is 6.52. The van der Waals surface area contributed by atoms with Crippen molar-refractivity contribution in [1.82, 2.24) is 0 Å². The summed E-state index contributed by atoms with van der Waals surface area (Å²) in [4.78, 5) is 12.9. The number of nitrogens with two attached hydrogens (primary N) is 1. The molecule has 1 aromatic rings. The van der Waals surface area contributed by atoms with Crippen LogP contribution in [0.25, 0.3) is 0 Å². The number of ketones is 1. The summed E-state index contributed by atoms with van der Waals surface area (Å²) in [6.45, 7) is 0. The number of rotatable bonds is 0. The van der Waals surface area contributed by atoms with Crippen molar-refractivity contribution in [3.05, 3.63) is 5.56 Å². The lowest BCUT2D eigenvalue weighted by molar-refractivity contribution is -0.128. The number of Topliss-reactive ketones (excluding diaryl/α,β-unsaturated/α-hetero) is 1. The highest BCUT2D eigenvalue weighted by Gasteiger charge is 2.67. The summed E-state index contributed by atoms with van der Waals surface area (Å²) in [7, 11) is 42.2. The predicted molar refractivity (Wildman–Crippen MR) is 102 cm³/mol. The molecule has 0 aromatic heterocycles. The van der Waals surface area contributed by atoms with Gasteiger partial charge in [0.15, 0.2) is 0 Å². The van der Waals surface area contributed by atoms with Crippen molar-refractivity contribution in [3.8, 4) is 0 Å². The minimum absolute atomic E-state index is 0.0252. The average molecular weight is 302 g/mol. The van der Waals surface area contributed by atoms with Gasteiger partial charge >= 0.3 is 0 Å². The largest absolute Gasteiger partial charge is 0.316 e. The van der Waals surface area contributed by atoms with E-state index in [0.717, 1.165) is 0 Å². The van der Waals surface area contributed by atoms with E-state index < -0.39 is 27.9 Å². The number of carbonyl (C=O) groups is 1. The van der Waals surface area contributed by atoms with Crippen LogP contribution in [0.15, 0.2) is 0 Å². The maximum atomic E-state index is 12.9. The van der Waals surface area contributed by atoms with Gasteiger partial charge in [-0.25, -0.2) is 0 Å². The van der Waals surface area contributed by atoms with Gasteiger partial charge in [0.1, 0.15) is 37.2 Å². The molecule has 2 N–H and O–H groups in total. The standard InChI is InChI=1S/C12H6B8ClNO/c13-4-3-8(7(16)6(15)5(4)14)20(21)11(19)2-1-10(17,18)9(23)12(3,11)22/h1-2,22H2. The molecule has 1 fully saturated rings. The Morgan fingerprint density at radius 3 is 2.04 bits per heavy atom. The Bertz CT molecular complexity index is 755. The second-order valence-corrected chi connectivity index (χ2v) is 6.96. The van der Waals surface area contributed by atoms with Gasteiger partial charge in [0, 0.05) is 0 Å². The fourth-order valence-corrected chi connectivity index (χ4v) is 4.28. The highest BCUT2D eigenvalue weighted by molar-refractivity contribution is 7.20. The molecular weight excluding hydrogens is 296 g/mol. The molecule has 96 valence electrons. The molecule has 2 atom stereocenters. The van der Waals surface area contributed by atoms with Crippen molar-refractivity contribution >= 4 is 106 Å². The van der Waals surface area contributed by atoms with Crippen LogP contribution < -0.4 is 33.0 Å². The lowest BCUT2D eigenvalue weighted by Gasteiger charge is -2.52. The molecule has 2 unspecified atom stereocenters. The van der Waals surface area contributed by atoms with Gasteiger partial charge in [-0.2, -0.15) is 11.5 Å². The van der Waals surface area contributed by atoms with Crippen LogP contribution in [0, 0.1) is 0 Å². The van der Waals surface area contributed by atoms with Gasteiger partial charge < -0.3 is 5.73 Å². The third kappa shape index (κ3) is 1.83. The Balaban J connectivity index is 2.44. The first-order valence-electron chi connectivity index (χ1n) is 7.02. The van der Waals surface area contributed by atoms with E-state index in [1.165, 1.54) is 0 Å². The predicted octanol–water partition coefficient (Wildman–Crippen LogP) is -4.85. The van der Waals surface area contributed by atoms with E-state index in [9.17, 15) is 4.79 Å². The van der Waals surface area contributed by atoms with Crippen LogP contribution >= 0.6 is 11.5 Å². The van der Waals surface area contributed by atoms with E-state index in [2.05, 4.69) is 0 Å². The molecule has 11 heteroatoms. The van der Waals surface area contributed by atoms with Gasteiger partial charge in [-0.1, -0.05) is 23.8 Å². The molecule has 2 nitrogen and oxygen atoms in total. The first-order valence-corrected chi connectivity index (χ1v) is 7.45. The van der Waals surface area contributed by atoms with Crippen molar-refractivity contribution in [2.75, 3.05) is 0 Å². The smallest absolute Gasteiger partial charge is 0.283 e. The summed E-state index contributed by atoms with van der Waals surface area (Å²) < 4.78 is 0. The summed E-state index contributed by atoms with van der Waals surface area (Å²) in [5.74, 6) is -0.654. The van der Waals surface area contributed by atoms with Crippen LogP contribution in [0.3, 0.4) is 0 Å². The Morgan fingerprint density at radius 2 is 1.48 bits per heavy atom. The summed E-state index contributed by atoms with van der Waals surface area (Å²) in [6, 6.07) is 0. The molecule has 14 radical (unpaired) electrons. The van der Waals surface area contributed by atoms with E-state index in [4.69, 9.17) is 72.1 Å². The molecule has 2 aliphatic rings. The molecule has 0 amide bonds. The molecule has 1 aliphatic heterocycles. The highest BCUT2D eigenvalue weighted by atomic mass is 35.5. The van der Waals surface area contributed by atoms with Crippen molar-refractivity contribution in [3.63, 3.8) is 0 Å². The average Bonchev–Trinajstić information content (AvgIpc) is 2.67. The van der Waals surface area contributed by atoms with Gasteiger partial charge in [-0.3, -0.25) is 4.79 Å². The molecule has 1 aromatic carbocycles. The monoisotopic (exact) mass is 303 g/mol. The van der Waals surface area contributed by atoms with E-state index in [0.29, 0.717) is 5.46 Å². The van der Waals surface area contributed by atoms with E-state index >= 15 is 0 Å². The zero-order valence-electron chi connectivity index (χ0n) is 12.4. The van der Waals surface area contributed by atoms with Crippen LogP contribution in [-0.2, 0) is 10.3 Å². The molecule has 0 saturated heterocycles. The molecule has 0 spiro atoms. The van der Waals surface area contributed by atoms with Crippen molar-refractivity contribution < 1.29 is 4.79 Å². The maximum Gasteiger partial charge on any atom is 0.283 e. The molecular formula is C12H6B8ClNO. The summed E-state index contributed by atoms with van der Waals surface area (Å²) in [5, 5.41) is -2.99. The van der Waals surface area contributed by atoms with Crippen LogP contribution in [0.4, 0.5) is 0 Å². The maximum absolute atomic E-state index is 12.9. The van der Waals surface area contributed by atoms with Crippen LogP contribution in [0.1, 0.15) is 18.4 Å². The Kier molecular flexibility index (Phi) is 3.69.